The molecule has 0 amide bonds. The first kappa shape index (κ1) is 18.7. The van der Waals surface area contributed by atoms with Gasteiger partial charge >= 0.3 is 10.1 Å². The zero-order valence-electron chi connectivity index (χ0n) is 14.0. The van der Waals surface area contributed by atoms with Crippen molar-refractivity contribution in [2.24, 2.45) is 0 Å². The van der Waals surface area contributed by atoms with Crippen molar-refractivity contribution in [2.45, 2.75) is 11.3 Å². The summed E-state index contributed by atoms with van der Waals surface area (Å²) in [5.74, 6) is 0.555. The molecule has 1 N–H and O–H groups in total. The van der Waals surface area contributed by atoms with E-state index < -0.39 is 10.1 Å². The molecule has 0 unspecified atom stereocenters. The number of para-hydroxylation sites is 1. The van der Waals surface area contributed by atoms with Gasteiger partial charge in [0.1, 0.15) is 5.75 Å². The Balaban J connectivity index is 1.49. The monoisotopic (exact) mass is 407 g/mol. The summed E-state index contributed by atoms with van der Waals surface area (Å²) in [6, 6.07) is 16.4. The highest BCUT2D eigenvalue weighted by Gasteiger charge is 2.14. The van der Waals surface area contributed by atoms with Gasteiger partial charge < -0.3 is 9.50 Å². The van der Waals surface area contributed by atoms with Crippen molar-refractivity contribution in [3.8, 4) is 5.75 Å². The minimum absolute atomic E-state index is 0.104. The highest BCUT2D eigenvalue weighted by Crippen LogP contribution is 2.28. The lowest BCUT2D eigenvalue weighted by Crippen LogP contribution is -2.15. The maximum absolute atomic E-state index is 12.0. The molecular formula is C17H17N3O3S3. The minimum atomic E-state index is -3.63. The van der Waals surface area contributed by atoms with E-state index in [4.69, 9.17) is 4.18 Å². The molecule has 2 aromatic carbocycles. The lowest BCUT2D eigenvalue weighted by Gasteiger charge is -2.05. The van der Waals surface area contributed by atoms with E-state index in [1.807, 2.05) is 31.2 Å². The Kier molecular flexibility index (Phi) is 6.12. The lowest BCUT2D eigenvalue weighted by molar-refractivity contribution is 0.488. The van der Waals surface area contributed by atoms with E-state index in [1.54, 1.807) is 30.3 Å². The first-order valence-corrected chi connectivity index (χ1v) is 11.2. The molecule has 3 rings (SSSR count). The molecule has 0 bridgehead atoms. The predicted molar refractivity (Wildman–Crippen MR) is 106 cm³/mol. The van der Waals surface area contributed by atoms with Gasteiger partial charge in [0.25, 0.3) is 0 Å². The second-order valence-corrected chi connectivity index (χ2v) is 9.38. The number of thioether (sulfide) groups is 1. The van der Waals surface area contributed by atoms with Gasteiger partial charge in [0, 0.05) is 11.4 Å². The average molecular weight is 408 g/mol. The van der Waals surface area contributed by atoms with E-state index in [-0.39, 0.29) is 5.75 Å². The quantitative estimate of drug-likeness (QED) is 0.445. The topological polar surface area (TPSA) is 81.2 Å². The molecule has 0 saturated heterocycles. The molecule has 9 heteroatoms. The van der Waals surface area contributed by atoms with Gasteiger partial charge in [0.2, 0.25) is 5.13 Å². The second kappa shape index (κ2) is 8.52. The summed E-state index contributed by atoms with van der Waals surface area (Å²) >= 11 is 2.72. The Bertz CT molecular complexity index is 942. The van der Waals surface area contributed by atoms with E-state index >= 15 is 0 Å². The number of aryl methyl sites for hydroxylation is 1. The molecule has 136 valence electrons. The molecule has 0 aliphatic carbocycles. The van der Waals surface area contributed by atoms with Crippen molar-refractivity contribution in [1.29, 1.82) is 0 Å². The lowest BCUT2D eigenvalue weighted by atomic mass is 10.2. The van der Waals surface area contributed by atoms with Crippen LogP contribution in [0.3, 0.4) is 0 Å². The maximum Gasteiger partial charge on any atom is 0.310 e. The number of hydrogen-bond donors (Lipinski definition) is 1. The van der Waals surface area contributed by atoms with E-state index in [9.17, 15) is 8.42 Å². The highest BCUT2D eigenvalue weighted by atomic mass is 32.2. The van der Waals surface area contributed by atoms with Crippen molar-refractivity contribution in [3.63, 3.8) is 0 Å². The van der Waals surface area contributed by atoms with Crippen LogP contribution in [0.15, 0.2) is 58.9 Å². The highest BCUT2D eigenvalue weighted by molar-refractivity contribution is 8.01. The third-order valence-electron chi connectivity index (χ3n) is 3.23. The van der Waals surface area contributed by atoms with Crippen LogP contribution in [0.4, 0.5) is 10.8 Å². The van der Waals surface area contributed by atoms with Gasteiger partial charge in [-0.05, 0) is 31.2 Å². The smallest absolute Gasteiger partial charge is 0.310 e. The van der Waals surface area contributed by atoms with Crippen LogP contribution in [0.2, 0.25) is 0 Å². The Morgan fingerprint density at radius 1 is 1.08 bits per heavy atom. The Morgan fingerprint density at radius 2 is 1.81 bits per heavy atom. The average Bonchev–Trinajstić information content (AvgIpc) is 3.04. The van der Waals surface area contributed by atoms with Crippen LogP contribution in [0, 0.1) is 6.92 Å². The van der Waals surface area contributed by atoms with Crippen LogP contribution >= 0.6 is 23.1 Å². The normalized spacial score (nSPS) is 11.3. The van der Waals surface area contributed by atoms with Gasteiger partial charge in [0.15, 0.2) is 4.34 Å². The fourth-order valence-electron chi connectivity index (χ4n) is 1.97. The predicted octanol–water partition coefficient (Wildman–Crippen LogP) is 4.09. The number of nitrogens with one attached hydrogen (secondary N) is 1. The number of nitrogens with zero attached hydrogens (tertiary/aromatic N) is 2. The second-order valence-electron chi connectivity index (χ2n) is 5.37. The first-order chi connectivity index (χ1) is 12.5. The van der Waals surface area contributed by atoms with E-state index in [0.717, 1.165) is 5.69 Å². The van der Waals surface area contributed by atoms with Crippen LogP contribution in [0.5, 0.6) is 5.75 Å². The van der Waals surface area contributed by atoms with Gasteiger partial charge in [-0.1, -0.05) is 59.0 Å². The summed E-state index contributed by atoms with van der Waals surface area (Å²) in [6.45, 7) is 2.03. The summed E-state index contributed by atoms with van der Waals surface area (Å²) in [5, 5.41) is 12.0. The van der Waals surface area contributed by atoms with Crippen LogP contribution in [-0.2, 0) is 10.1 Å². The fraction of sp³-hybridized carbons (Fsp3) is 0.176. The summed E-state index contributed by atoms with van der Waals surface area (Å²) in [5.41, 5.74) is 2.12. The standard InChI is InChI=1S/C17H17N3O3S3/c1-13-7-9-14(10-8-13)18-16-19-20-17(25-16)24-11-12-26(21,22)23-15-5-3-2-4-6-15/h2-10H,11-12H2,1H3,(H,18,19). The van der Waals surface area contributed by atoms with Crippen LogP contribution in [0.25, 0.3) is 0 Å². The van der Waals surface area contributed by atoms with Crippen molar-refractivity contribution < 1.29 is 12.6 Å². The third-order valence-corrected chi connectivity index (χ3v) is 6.62. The Morgan fingerprint density at radius 3 is 2.54 bits per heavy atom. The van der Waals surface area contributed by atoms with Crippen molar-refractivity contribution in [1.82, 2.24) is 10.2 Å². The summed E-state index contributed by atoms with van der Waals surface area (Å²) in [4.78, 5) is 0. The molecule has 26 heavy (non-hydrogen) atoms. The van der Waals surface area contributed by atoms with Gasteiger partial charge in [0.05, 0.1) is 5.75 Å². The van der Waals surface area contributed by atoms with Gasteiger partial charge in [-0.3, -0.25) is 0 Å². The zero-order chi connectivity index (χ0) is 18.4. The van der Waals surface area contributed by atoms with E-state index in [1.165, 1.54) is 28.7 Å². The molecule has 1 heterocycles. The SMILES string of the molecule is Cc1ccc(Nc2nnc(SCCS(=O)(=O)Oc3ccccc3)s2)cc1. The van der Waals surface area contributed by atoms with Crippen molar-refractivity contribution in [3.05, 3.63) is 60.2 Å². The van der Waals surface area contributed by atoms with Crippen LogP contribution in [0.1, 0.15) is 5.56 Å². The molecule has 0 atom stereocenters. The molecule has 6 nitrogen and oxygen atoms in total. The number of hydrogen-bond acceptors (Lipinski definition) is 8. The first-order valence-electron chi connectivity index (χ1n) is 7.77. The molecule has 3 aromatic rings. The van der Waals surface area contributed by atoms with Gasteiger partial charge in [-0.15, -0.1) is 10.2 Å². The maximum atomic E-state index is 12.0. The summed E-state index contributed by atoms with van der Waals surface area (Å²) in [7, 11) is -3.63. The van der Waals surface area contributed by atoms with Crippen molar-refractivity contribution >= 4 is 44.0 Å². The minimum Gasteiger partial charge on any atom is -0.382 e. The molecule has 0 spiro atoms. The summed E-state index contributed by atoms with van der Waals surface area (Å²) < 4.78 is 29.7. The number of rotatable bonds is 8. The van der Waals surface area contributed by atoms with Crippen molar-refractivity contribution in [2.75, 3.05) is 16.8 Å². The van der Waals surface area contributed by atoms with Crippen LogP contribution in [-0.4, -0.2) is 30.1 Å². The third kappa shape index (κ3) is 5.72. The summed E-state index contributed by atoms with van der Waals surface area (Å²) in [6.07, 6.45) is 0. The zero-order valence-corrected chi connectivity index (χ0v) is 16.4. The fourth-order valence-corrected chi connectivity index (χ4v) is 5.11. The molecule has 1 aromatic heterocycles. The molecule has 0 fully saturated rings. The van der Waals surface area contributed by atoms with Gasteiger partial charge in [-0.25, -0.2) is 0 Å². The molecule has 0 aliphatic heterocycles. The molecule has 0 aliphatic rings. The largest absolute Gasteiger partial charge is 0.382 e. The van der Waals surface area contributed by atoms with E-state index in [2.05, 4.69) is 15.5 Å². The number of benzene rings is 2. The number of aromatic nitrogens is 2. The Hall–Kier alpha value is -2.10. The number of anilines is 2. The molecule has 0 radical (unpaired) electrons. The Labute approximate surface area is 160 Å². The van der Waals surface area contributed by atoms with E-state index in [0.29, 0.717) is 21.0 Å². The molecular weight excluding hydrogens is 390 g/mol. The molecule has 0 saturated carbocycles. The van der Waals surface area contributed by atoms with Crippen LogP contribution < -0.4 is 9.50 Å². The van der Waals surface area contributed by atoms with Gasteiger partial charge in [-0.2, -0.15) is 8.42 Å².